The molecule has 0 aromatic carbocycles. The Morgan fingerprint density at radius 3 is 2.65 bits per heavy atom. The van der Waals surface area contributed by atoms with Crippen LogP contribution in [-0.4, -0.2) is 36.6 Å². The van der Waals surface area contributed by atoms with Gasteiger partial charge in [0.25, 0.3) is 0 Å². The summed E-state index contributed by atoms with van der Waals surface area (Å²) in [7, 11) is 0. The zero-order chi connectivity index (χ0) is 12.3. The number of piperazine rings is 1. The molecule has 2 nitrogen and oxygen atoms in total. The minimum absolute atomic E-state index is 0.688. The van der Waals surface area contributed by atoms with Crippen LogP contribution in [0.4, 0.5) is 0 Å². The second-order valence-electron chi connectivity index (χ2n) is 6.52. The summed E-state index contributed by atoms with van der Waals surface area (Å²) in [4.78, 5) is 2.75. The highest BCUT2D eigenvalue weighted by atomic mass is 15.2. The number of nitrogens with one attached hydrogen (secondary N) is 1. The van der Waals surface area contributed by atoms with Crippen LogP contribution in [0.2, 0.25) is 0 Å². The van der Waals surface area contributed by atoms with Crippen LogP contribution in [-0.2, 0) is 0 Å². The topological polar surface area (TPSA) is 15.3 Å². The van der Waals surface area contributed by atoms with E-state index < -0.39 is 0 Å². The molecule has 0 spiro atoms. The Balaban J connectivity index is 1.85. The summed E-state index contributed by atoms with van der Waals surface area (Å²) >= 11 is 0. The Hall–Kier alpha value is -0.0800. The van der Waals surface area contributed by atoms with Crippen molar-refractivity contribution in [1.82, 2.24) is 10.2 Å². The maximum Gasteiger partial charge on any atom is 0.0167 e. The first-order valence-corrected chi connectivity index (χ1v) is 7.64. The molecule has 1 saturated carbocycles. The molecule has 17 heavy (non-hydrogen) atoms. The van der Waals surface area contributed by atoms with Crippen LogP contribution in [0.5, 0.6) is 0 Å². The van der Waals surface area contributed by atoms with Crippen molar-refractivity contribution in [3.63, 3.8) is 0 Å². The molecular formula is C15H30N2. The van der Waals surface area contributed by atoms with Crippen LogP contribution in [0.1, 0.15) is 52.9 Å². The molecule has 0 aromatic rings. The first kappa shape index (κ1) is 13.4. The molecule has 1 heterocycles. The van der Waals surface area contributed by atoms with Crippen LogP contribution in [0.15, 0.2) is 0 Å². The lowest BCUT2D eigenvalue weighted by atomic mass is 9.89. The third-order valence-corrected chi connectivity index (χ3v) is 4.84. The Morgan fingerprint density at radius 2 is 1.94 bits per heavy atom. The third-order valence-electron chi connectivity index (χ3n) is 4.84. The number of nitrogens with zero attached hydrogens (tertiary/aromatic N) is 1. The zero-order valence-corrected chi connectivity index (χ0v) is 11.9. The molecule has 0 radical (unpaired) electrons. The Labute approximate surface area is 107 Å². The number of hydrogen-bond donors (Lipinski definition) is 1. The van der Waals surface area contributed by atoms with E-state index in [4.69, 9.17) is 0 Å². The van der Waals surface area contributed by atoms with E-state index in [1.165, 1.54) is 51.7 Å². The molecule has 0 amide bonds. The summed E-state index contributed by atoms with van der Waals surface area (Å²) in [6.07, 6.45) is 7.26. The van der Waals surface area contributed by atoms with Gasteiger partial charge in [-0.3, -0.25) is 4.90 Å². The van der Waals surface area contributed by atoms with E-state index in [2.05, 4.69) is 31.0 Å². The van der Waals surface area contributed by atoms with Gasteiger partial charge >= 0.3 is 0 Å². The van der Waals surface area contributed by atoms with Gasteiger partial charge < -0.3 is 5.32 Å². The predicted octanol–water partition coefficient (Wildman–Crippen LogP) is 2.89. The average Bonchev–Trinajstić information content (AvgIpc) is 2.54. The molecule has 0 bridgehead atoms. The van der Waals surface area contributed by atoms with Crippen LogP contribution in [0, 0.1) is 11.8 Å². The molecule has 2 heteroatoms. The molecule has 1 saturated heterocycles. The molecule has 1 aliphatic carbocycles. The lowest BCUT2D eigenvalue weighted by Gasteiger charge is -2.37. The average molecular weight is 238 g/mol. The standard InChI is InChI=1S/C15H30N2/c1-12(2)14-5-4-6-15(8-7-14)17-10-9-16-13(3)11-17/h12-16H,4-11H2,1-3H3. The normalized spacial score (nSPS) is 37.1. The fraction of sp³-hybridized carbons (Fsp3) is 1.00. The molecule has 0 aromatic heterocycles. The lowest BCUT2D eigenvalue weighted by Crippen LogP contribution is -2.52. The monoisotopic (exact) mass is 238 g/mol. The molecule has 2 aliphatic rings. The van der Waals surface area contributed by atoms with Crippen molar-refractivity contribution < 1.29 is 0 Å². The van der Waals surface area contributed by atoms with Crippen molar-refractivity contribution in [3.8, 4) is 0 Å². The smallest absolute Gasteiger partial charge is 0.0167 e. The molecule has 1 aliphatic heterocycles. The van der Waals surface area contributed by atoms with Crippen LogP contribution in [0.3, 0.4) is 0 Å². The van der Waals surface area contributed by atoms with Crippen molar-refractivity contribution in [2.45, 2.75) is 65.0 Å². The fourth-order valence-corrected chi connectivity index (χ4v) is 3.64. The van der Waals surface area contributed by atoms with E-state index in [9.17, 15) is 0 Å². The third kappa shape index (κ3) is 3.69. The van der Waals surface area contributed by atoms with Gasteiger partial charge in [0.15, 0.2) is 0 Å². The van der Waals surface area contributed by atoms with E-state index in [1.54, 1.807) is 0 Å². The van der Waals surface area contributed by atoms with Gasteiger partial charge in [0, 0.05) is 31.7 Å². The van der Waals surface area contributed by atoms with Gasteiger partial charge in [-0.05, 0) is 38.0 Å². The Bertz CT molecular complexity index is 227. The highest BCUT2D eigenvalue weighted by molar-refractivity contribution is 4.83. The van der Waals surface area contributed by atoms with Crippen molar-refractivity contribution in [3.05, 3.63) is 0 Å². The first-order valence-electron chi connectivity index (χ1n) is 7.64. The largest absolute Gasteiger partial charge is 0.312 e. The minimum Gasteiger partial charge on any atom is -0.312 e. The summed E-state index contributed by atoms with van der Waals surface area (Å²) in [6.45, 7) is 10.8. The molecule has 3 unspecified atom stereocenters. The summed E-state index contributed by atoms with van der Waals surface area (Å²) in [5.41, 5.74) is 0. The van der Waals surface area contributed by atoms with E-state index in [0.717, 1.165) is 17.9 Å². The summed E-state index contributed by atoms with van der Waals surface area (Å²) in [6, 6.07) is 1.57. The Morgan fingerprint density at radius 1 is 1.12 bits per heavy atom. The van der Waals surface area contributed by atoms with Crippen molar-refractivity contribution >= 4 is 0 Å². The van der Waals surface area contributed by atoms with Gasteiger partial charge in [-0.1, -0.05) is 26.7 Å². The van der Waals surface area contributed by atoms with Crippen LogP contribution >= 0.6 is 0 Å². The molecule has 100 valence electrons. The van der Waals surface area contributed by atoms with Crippen molar-refractivity contribution in [2.24, 2.45) is 11.8 Å². The number of rotatable bonds is 2. The second-order valence-corrected chi connectivity index (χ2v) is 6.52. The van der Waals surface area contributed by atoms with Crippen LogP contribution in [0.25, 0.3) is 0 Å². The zero-order valence-electron chi connectivity index (χ0n) is 11.9. The van der Waals surface area contributed by atoms with Gasteiger partial charge in [0.05, 0.1) is 0 Å². The highest BCUT2D eigenvalue weighted by Gasteiger charge is 2.27. The summed E-state index contributed by atoms with van der Waals surface area (Å²) in [5.74, 6) is 1.87. The van der Waals surface area contributed by atoms with Crippen molar-refractivity contribution in [2.75, 3.05) is 19.6 Å². The van der Waals surface area contributed by atoms with Gasteiger partial charge in [0.1, 0.15) is 0 Å². The highest BCUT2D eigenvalue weighted by Crippen LogP contribution is 2.31. The van der Waals surface area contributed by atoms with Crippen molar-refractivity contribution in [1.29, 1.82) is 0 Å². The Kier molecular flexibility index (Phi) is 4.87. The van der Waals surface area contributed by atoms with E-state index in [0.29, 0.717) is 6.04 Å². The van der Waals surface area contributed by atoms with Gasteiger partial charge in [0.2, 0.25) is 0 Å². The van der Waals surface area contributed by atoms with Crippen LogP contribution < -0.4 is 5.32 Å². The maximum absolute atomic E-state index is 3.55. The summed E-state index contributed by atoms with van der Waals surface area (Å²) < 4.78 is 0. The minimum atomic E-state index is 0.688. The molecular weight excluding hydrogens is 208 g/mol. The first-order chi connectivity index (χ1) is 8.16. The van der Waals surface area contributed by atoms with Gasteiger partial charge in [-0.15, -0.1) is 0 Å². The predicted molar refractivity (Wildman–Crippen MR) is 74.2 cm³/mol. The molecule has 2 rings (SSSR count). The summed E-state index contributed by atoms with van der Waals surface area (Å²) in [5, 5.41) is 3.55. The van der Waals surface area contributed by atoms with E-state index >= 15 is 0 Å². The second kappa shape index (κ2) is 6.19. The number of hydrogen-bond acceptors (Lipinski definition) is 2. The quantitative estimate of drug-likeness (QED) is 0.744. The van der Waals surface area contributed by atoms with E-state index in [1.807, 2.05) is 0 Å². The SMILES string of the molecule is CC1CN(C2CCCC(C(C)C)CC2)CCN1. The lowest BCUT2D eigenvalue weighted by molar-refractivity contribution is 0.134. The van der Waals surface area contributed by atoms with Gasteiger partial charge in [-0.25, -0.2) is 0 Å². The molecule has 1 N–H and O–H groups in total. The molecule has 3 atom stereocenters. The van der Waals surface area contributed by atoms with E-state index in [-0.39, 0.29) is 0 Å². The maximum atomic E-state index is 3.55. The fourth-order valence-electron chi connectivity index (χ4n) is 3.64. The van der Waals surface area contributed by atoms with Gasteiger partial charge in [-0.2, -0.15) is 0 Å². The molecule has 2 fully saturated rings.